The van der Waals surface area contributed by atoms with Crippen molar-refractivity contribution in [2.75, 3.05) is 0 Å². The fourth-order valence-electron chi connectivity index (χ4n) is 0.289. The van der Waals surface area contributed by atoms with E-state index in [0.29, 0.717) is 0 Å². The average Bonchev–Trinajstić information content (AvgIpc) is 2.74. The number of unbranched alkanes of at least 4 members (excludes halogenated alkanes) is 2. The summed E-state index contributed by atoms with van der Waals surface area (Å²) in [5.74, 6) is 0. The summed E-state index contributed by atoms with van der Waals surface area (Å²) in [5.41, 5.74) is 0. The molecule has 0 spiro atoms. The average molecular weight is 904 g/mol. The van der Waals surface area contributed by atoms with Crippen molar-refractivity contribution >= 4 is 81.4 Å². The Morgan fingerprint density at radius 1 is 0.500 bits per heavy atom. The SMILES string of the molecule is CCCC[Te].CCCC[Te].[C-]#[O+].[C-]#[O+].[C-]#[O+].[C-]#[O+].[C-]#[O+].[C-]#[O+].[Fe].[Fe].[Te][Te]. The number of hydrogen-bond acceptors (Lipinski definition) is 0. The Kier molecular flexibility index (Phi) is 711. The topological polar surface area (TPSA) is 119 Å². The normalized spacial score (nSPS) is 3.92. The van der Waals surface area contributed by atoms with Gasteiger partial charge in [0.2, 0.25) is 0 Å². The molecule has 0 aromatic carbocycles. The Labute approximate surface area is 228 Å². The molecule has 150 valence electrons. The van der Waals surface area contributed by atoms with Crippen molar-refractivity contribution in [1.82, 2.24) is 0 Å². The van der Waals surface area contributed by atoms with Crippen LogP contribution in [0.2, 0.25) is 8.94 Å². The molecule has 0 aliphatic rings. The third-order valence-electron chi connectivity index (χ3n) is 0.996. The molecule has 0 bridgehead atoms. The summed E-state index contributed by atoms with van der Waals surface area (Å²) in [4.78, 5) is 0. The zero-order chi connectivity index (χ0) is 22.2. The van der Waals surface area contributed by atoms with Crippen LogP contribution in [-0.4, -0.2) is 81.4 Å². The van der Waals surface area contributed by atoms with Gasteiger partial charge in [0.25, 0.3) is 0 Å². The van der Waals surface area contributed by atoms with E-state index in [9.17, 15) is 0 Å². The van der Waals surface area contributed by atoms with E-state index in [1.165, 1.54) is 34.6 Å². The minimum absolute atomic E-state index is 0. The van der Waals surface area contributed by atoms with Crippen molar-refractivity contribution < 1.29 is 62.1 Å². The van der Waals surface area contributed by atoms with Crippen molar-refractivity contribution in [3.8, 4) is 0 Å². The van der Waals surface area contributed by atoms with Gasteiger partial charge in [-0.15, -0.1) is 0 Å². The van der Waals surface area contributed by atoms with E-state index < -0.39 is 0 Å². The van der Waals surface area contributed by atoms with Gasteiger partial charge in [0.05, 0.1) is 0 Å². The van der Waals surface area contributed by atoms with Crippen LogP contribution >= 0.6 is 0 Å². The summed E-state index contributed by atoms with van der Waals surface area (Å²) >= 11 is 8.23. The van der Waals surface area contributed by atoms with Crippen LogP contribution in [0.3, 0.4) is 0 Å². The molecule has 0 aliphatic carbocycles. The molecule has 0 rings (SSSR count). The second-order valence-electron chi connectivity index (χ2n) is 2.12. The van der Waals surface area contributed by atoms with Gasteiger partial charge >= 0.3 is 198 Å². The second kappa shape index (κ2) is 263. The van der Waals surface area contributed by atoms with Crippen LogP contribution < -0.4 is 0 Å². The molecule has 4 radical (unpaired) electrons. The van der Waals surface area contributed by atoms with Crippen molar-refractivity contribution in [3.05, 3.63) is 39.9 Å². The first-order valence-corrected chi connectivity index (χ1v) is 16.0. The Hall–Kier alpha value is 2.64. The van der Waals surface area contributed by atoms with Crippen LogP contribution in [0.4, 0.5) is 0 Å². The number of hydrogen-bond donors (Lipinski definition) is 0. The molecule has 0 aliphatic heterocycles. The fourth-order valence-corrected chi connectivity index (χ4v) is 1.94. The van der Waals surface area contributed by atoms with Crippen molar-refractivity contribution in [2.45, 2.75) is 48.5 Å². The first-order valence-electron chi connectivity index (χ1n) is 5.38. The molecule has 0 amide bonds. The molecule has 26 heavy (non-hydrogen) atoms. The quantitative estimate of drug-likeness (QED) is 0.233. The van der Waals surface area contributed by atoms with Crippen LogP contribution in [-0.2, 0) is 62.1 Å². The van der Waals surface area contributed by atoms with Gasteiger partial charge in [-0.3, -0.25) is 0 Å². The van der Waals surface area contributed by atoms with E-state index in [4.69, 9.17) is 27.9 Å². The summed E-state index contributed by atoms with van der Waals surface area (Å²) in [5, 5.41) is 0. The maximum atomic E-state index is 7.50. The molecule has 0 heterocycles. The molecule has 0 fully saturated rings. The summed E-state index contributed by atoms with van der Waals surface area (Å²) in [6, 6.07) is 0. The van der Waals surface area contributed by atoms with Gasteiger partial charge in [0, 0.05) is 34.1 Å². The van der Waals surface area contributed by atoms with Crippen molar-refractivity contribution in [1.29, 1.82) is 0 Å². The van der Waals surface area contributed by atoms with Gasteiger partial charge in [0.1, 0.15) is 0 Å². The van der Waals surface area contributed by atoms with Gasteiger partial charge in [-0.25, -0.2) is 0 Å². The summed E-state index contributed by atoms with van der Waals surface area (Å²) in [6.45, 7) is 31.4. The molecule has 0 aromatic rings. The Balaban J connectivity index is -0.0000000112. The van der Waals surface area contributed by atoms with Crippen molar-refractivity contribution in [3.63, 3.8) is 0 Å². The third-order valence-corrected chi connectivity index (χ3v) is 2.64. The van der Waals surface area contributed by atoms with Gasteiger partial charge < -0.3 is 0 Å². The molecule has 6 nitrogen and oxygen atoms in total. The molecule has 0 saturated heterocycles. The standard InChI is InChI=1S/2C4H9Te.6CO.2Fe.Te2/c2*1-2-3-4-5;6*1-2;;;1-2/h2*2-4H2,1H3;;;;;;;;;. The summed E-state index contributed by atoms with van der Waals surface area (Å²) in [6.07, 6.45) is 5.48. The first kappa shape index (κ1) is 70.3. The van der Waals surface area contributed by atoms with Crippen molar-refractivity contribution in [2.24, 2.45) is 0 Å². The monoisotopic (exact) mass is 914 g/mol. The zero-order valence-electron chi connectivity index (χ0n) is 14.0. The molecule has 0 aromatic heterocycles. The Morgan fingerprint density at radius 3 is 0.615 bits per heavy atom. The van der Waals surface area contributed by atoms with Crippen LogP contribution in [0.1, 0.15) is 39.5 Å². The van der Waals surface area contributed by atoms with E-state index in [1.54, 1.807) is 0 Å². The van der Waals surface area contributed by atoms with Gasteiger partial charge in [0.15, 0.2) is 0 Å². The minimum atomic E-state index is 0. The number of rotatable bonds is 4. The van der Waals surface area contributed by atoms with Crippen LogP contribution in [0.25, 0.3) is 0 Å². The molecular formula is C14H18Fe2O6Te4. The summed E-state index contributed by atoms with van der Waals surface area (Å²) < 4.78 is 47.7. The van der Waals surface area contributed by atoms with Gasteiger partial charge in [-0.2, -0.15) is 0 Å². The molecule has 0 atom stereocenters. The van der Waals surface area contributed by atoms with Crippen LogP contribution in [0, 0.1) is 39.9 Å². The van der Waals surface area contributed by atoms with Gasteiger partial charge in [-0.05, 0) is 0 Å². The Bertz CT molecular complexity index is 178. The predicted molar refractivity (Wildman–Crippen MR) is 86.0 cm³/mol. The van der Waals surface area contributed by atoms with E-state index in [2.05, 4.69) is 98.3 Å². The van der Waals surface area contributed by atoms with Crippen LogP contribution in [0.15, 0.2) is 0 Å². The zero-order valence-corrected chi connectivity index (χ0v) is 25.6. The molecule has 0 saturated carbocycles. The summed E-state index contributed by atoms with van der Waals surface area (Å²) in [7, 11) is 0. The van der Waals surface area contributed by atoms with E-state index >= 15 is 0 Å². The van der Waals surface area contributed by atoms with E-state index in [1.807, 2.05) is 36.9 Å². The van der Waals surface area contributed by atoms with Crippen LogP contribution in [0.5, 0.6) is 0 Å². The predicted octanol–water partition coefficient (Wildman–Crippen LogP) is 1.75. The molecular weight excluding hydrogens is 886 g/mol. The van der Waals surface area contributed by atoms with E-state index in [-0.39, 0.29) is 34.1 Å². The Morgan fingerprint density at radius 2 is 0.615 bits per heavy atom. The molecule has 12 heteroatoms. The van der Waals surface area contributed by atoms with E-state index in [0.717, 1.165) is 0 Å². The van der Waals surface area contributed by atoms with Gasteiger partial charge in [-0.1, -0.05) is 0 Å². The fraction of sp³-hybridized carbons (Fsp3) is 0.571. The molecule has 0 N–H and O–H groups in total. The third kappa shape index (κ3) is 397. The second-order valence-corrected chi connectivity index (χ2v) is 4.45. The maximum absolute atomic E-state index is 7.50. The molecule has 0 unspecified atom stereocenters. The first-order chi connectivity index (χ1) is 11.8.